The zero-order valence-electron chi connectivity index (χ0n) is 17.4. The van der Waals surface area contributed by atoms with E-state index in [0.717, 1.165) is 37.6 Å². The fourth-order valence-corrected chi connectivity index (χ4v) is 4.18. The zero-order valence-corrected chi connectivity index (χ0v) is 19.7. The molecule has 2 unspecified atom stereocenters. The molecule has 1 aromatic heterocycles. The molecule has 2 fully saturated rings. The third-order valence-corrected chi connectivity index (χ3v) is 5.64. The Morgan fingerprint density at radius 2 is 1.97 bits per heavy atom. The second-order valence-electron chi connectivity index (χ2n) is 7.67. The number of halogens is 4. The Morgan fingerprint density at radius 1 is 1.27 bits per heavy atom. The van der Waals surface area contributed by atoms with Crippen LogP contribution in [0, 0.1) is 0 Å². The van der Waals surface area contributed by atoms with Crippen LogP contribution in [0.25, 0.3) is 0 Å². The van der Waals surface area contributed by atoms with E-state index in [-0.39, 0.29) is 29.9 Å². The summed E-state index contributed by atoms with van der Waals surface area (Å²) in [4.78, 5) is 14.4. The maximum atomic E-state index is 12.7. The first kappa shape index (κ1) is 24.9. The molecule has 0 saturated carbocycles. The van der Waals surface area contributed by atoms with Gasteiger partial charge in [-0.25, -0.2) is 9.97 Å². The summed E-state index contributed by atoms with van der Waals surface area (Å²) < 4.78 is 38.2. The summed E-state index contributed by atoms with van der Waals surface area (Å²) in [5.74, 6) is 0.697. The van der Waals surface area contributed by atoms with Gasteiger partial charge in [0.05, 0.1) is 6.54 Å². The topological polar surface area (TPSA) is 77.5 Å². The van der Waals surface area contributed by atoms with Crippen molar-refractivity contribution in [3.05, 3.63) is 18.0 Å². The number of rotatable bonds is 6. The molecule has 2 saturated heterocycles. The SMILES string of the molecule is CCNC(=NCCNc1nccc(C(F)(F)F)n1)NC1CC2CCCC(C1)N2C.I. The van der Waals surface area contributed by atoms with E-state index >= 15 is 0 Å². The molecule has 0 radical (unpaired) electrons. The van der Waals surface area contributed by atoms with Crippen LogP contribution in [0.2, 0.25) is 0 Å². The summed E-state index contributed by atoms with van der Waals surface area (Å²) in [5, 5.41) is 9.60. The second kappa shape index (κ2) is 11.3. The van der Waals surface area contributed by atoms with Gasteiger partial charge in [-0.3, -0.25) is 4.99 Å². The Balaban J connectivity index is 0.00000320. The first-order valence-electron chi connectivity index (χ1n) is 10.3. The molecule has 170 valence electrons. The summed E-state index contributed by atoms with van der Waals surface area (Å²) >= 11 is 0. The van der Waals surface area contributed by atoms with Gasteiger partial charge in [0.2, 0.25) is 5.95 Å². The number of nitrogens with one attached hydrogen (secondary N) is 3. The third-order valence-electron chi connectivity index (χ3n) is 5.64. The Hall–Kier alpha value is -1.37. The molecule has 3 rings (SSSR count). The molecule has 11 heteroatoms. The molecule has 3 N–H and O–H groups in total. The fraction of sp³-hybridized carbons (Fsp3) is 0.737. The van der Waals surface area contributed by atoms with Gasteiger partial charge in [0.25, 0.3) is 0 Å². The molecule has 2 atom stereocenters. The van der Waals surface area contributed by atoms with Gasteiger partial charge in [-0.2, -0.15) is 13.2 Å². The predicted molar refractivity (Wildman–Crippen MR) is 122 cm³/mol. The molecule has 3 heterocycles. The number of aromatic nitrogens is 2. The van der Waals surface area contributed by atoms with E-state index in [1.165, 1.54) is 19.3 Å². The number of hydrogen-bond acceptors (Lipinski definition) is 5. The number of alkyl halides is 3. The molecular formula is C19H31F3IN7. The van der Waals surface area contributed by atoms with Gasteiger partial charge >= 0.3 is 6.18 Å². The quantitative estimate of drug-likeness (QED) is 0.223. The lowest BCUT2D eigenvalue weighted by Crippen LogP contribution is -2.56. The summed E-state index contributed by atoms with van der Waals surface area (Å²) in [6, 6.07) is 2.50. The first-order chi connectivity index (χ1) is 13.9. The van der Waals surface area contributed by atoms with Crippen LogP contribution in [-0.4, -0.2) is 65.6 Å². The highest BCUT2D eigenvalue weighted by atomic mass is 127. The van der Waals surface area contributed by atoms with Crippen LogP contribution in [-0.2, 0) is 6.18 Å². The minimum absolute atomic E-state index is 0. The number of anilines is 1. The minimum Gasteiger partial charge on any atom is -0.357 e. The third kappa shape index (κ3) is 6.82. The maximum Gasteiger partial charge on any atom is 0.433 e. The molecule has 2 aliphatic rings. The molecule has 7 nitrogen and oxygen atoms in total. The van der Waals surface area contributed by atoms with Crippen molar-refractivity contribution in [3.8, 4) is 0 Å². The van der Waals surface area contributed by atoms with E-state index in [9.17, 15) is 13.2 Å². The lowest BCUT2D eigenvalue weighted by atomic mass is 9.82. The van der Waals surface area contributed by atoms with Crippen molar-refractivity contribution < 1.29 is 13.2 Å². The average Bonchev–Trinajstić information content (AvgIpc) is 2.66. The lowest BCUT2D eigenvalue weighted by molar-refractivity contribution is -0.141. The summed E-state index contributed by atoms with van der Waals surface area (Å²) in [6.07, 6.45) is 2.64. The Labute approximate surface area is 192 Å². The van der Waals surface area contributed by atoms with E-state index < -0.39 is 11.9 Å². The van der Waals surface area contributed by atoms with Crippen LogP contribution >= 0.6 is 24.0 Å². The summed E-state index contributed by atoms with van der Waals surface area (Å²) in [5.41, 5.74) is -0.957. The van der Waals surface area contributed by atoms with Crippen molar-refractivity contribution in [2.75, 3.05) is 32.0 Å². The number of fused-ring (bicyclic) bond motifs is 2. The highest BCUT2D eigenvalue weighted by Crippen LogP contribution is 2.32. The van der Waals surface area contributed by atoms with Gasteiger partial charge in [0.1, 0.15) is 5.69 Å². The molecule has 0 spiro atoms. The van der Waals surface area contributed by atoms with Crippen molar-refractivity contribution in [2.24, 2.45) is 4.99 Å². The molecule has 2 aliphatic heterocycles. The Bertz CT molecular complexity index is 687. The van der Waals surface area contributed by atoms with Crippen molar-refractivity contribution in [3.63, 3.8) is 0 Å². The highest BCUT2D eigenvalue weighted by molar-refractivity contribution is 14.0. The van der Waals surface area contributed by atoms with Gasteiger partial charge in [0.15, 0.2) is 5.96 Å². The fourth-order valence-electron chi connectivity index (χ4n) is 4.18. The molecule has 2 bridgehead atoms. The van der Waals surface area contributed by atoms with Crippen LogP contribution in [0.3, 0.4) is 0 Å². The van der Waals surface area contributed by atoms with Crippen molar-refractivity contribution in [1.82, 2.24) is 25.5 Å². The number of nitrogens with zero attached hydrogens (tertiary/aromatic N) is 4. The van der Waals surface area contributed by atoms with Gasteiger partial charge in [-0.15, -0.1) is 24.0 Å². The Kier molecular flexibility index (Phi) is 9.38. The van der Waals surface area contributed by atoms with E-state index in [2.05, 4.69) is 42.9 Å². The van der Waals surface area contributed by atoms with Crippen LogP contribution in [0.4, 0.5) is 19.1 Å². The first-order valence-corrected chi connectivity index (χ1v) is 10.3. The van der Waals surface area contributed by atoms with E-state index in [1.807, 2.05) is 6.92 Å². The number of hydrogen-bond donors (Lipinski definition) is 3. The van der Waals surface area contributed by atoms with Crippen LogP contribution in [0.15, 0.2) is 17.3 Å². The largest absolute Gasteiger partial charge is 0.433 e. The molecule has 0 aliphatic carbocycles. The molecule has 30 heavy (non-hydrogen) atoms. The average molecular weight is 541 g/mol. The molecule has 0 amide bonds. The van der Waals surface area contributed by atoms with E-state index in [1.54, 1.807) is 0 Å². The van der Waals surface area contributed by atoms with Gasteiger partial charge in [0, 0.05) is 37.4 Å². The maximum absolute atomic E-state index is 12.7. The van der Waals surface area contributed by atoms with E-state index in [0.29, 0.717) is 31.2 Å². The summed E-state index contributed by atoms with van der Waals surface area (Å²) in [6.45, 7) is 3.50. The zero-order chi connectivity index (χ0) is 20.9. The van der Waals surface area contributed by atoms with Crippen LogP contribution in [0.1, 0.15) is 44.7 Å². The monoisotopic (exact) mass is 541 g/mol. The number of piperidine rings is 2. The predicted octanol–water partition coefficient (Wildman–Crippen LogP) is 3.10. The van der Waals surface area contributed by atoms with Crippen molar-refractivity contribution >= 4 is 35.9 Å². The number of aliphatic imine (C=N–C) groups is 1. The van der Waals surface area contributed by atoms with Crippen LogP contribution in [0.5, 0.6) is 0 Å². The summed E-state index contributed by atoms with van der Waals surface area (Å²) in [7, 11) is 2.23. The lowest BCUT2D eigenvalue weighted by Gasteiger charge is -2.47. The molecular weight excluding hydrogens is 510 g/mol. The highest BCUT2D eigenvalue weighted by Gasteiger charge is 2.36. The van der Waals surface area contributed by atoms with Gasteiger partial charge in [-0.1, -0.05) is 6.42 Å². The van der Waals surface area contributed by atoms with Crippen molar-refractivity contribution in [1.29, 1.82) is 0 Å². The standard InChI is InChI=1S/C19H30F3N7.HI/c1-3-23-17(27-13-11-14-5-4-6-15(12-13)29(14)2)25-9-10-26-18-24-8-7-16(28-18)19(20,21)22;/h7-8,13-15H,3-6,9-12H2,1-2H3,(H2,23,25,27)(H,24,26,28);1H. The van der Waals surface area contributed by atoms with E-state index in [4.69, 9.17) is 0 Å². The van der Waals surface area contributed by atoms with Crippen LogP contribution < -0.4 is 16.0 Å². The number of guanidine groups is 1. The molecule has 0 aromatic carbocycles. The smallest absolute Gasteiger partial charge is 0.357 e. The van der Waals surface area contributed by atoms with Gasteiger partial charge < -0.3 is 20.9 Å². The van der Waals surface area contributed by atoms with Crippen molar-refractivity contribution in [2.45, 2.75) is 63.3 Å². The second-order valence-corrected chi connectivity index (χ2v) is 7.67. The molecule has 1 aromatic rings. The Morgan fingerprint density at radius 3 is 2.60 bits per heavy atom. The normalized spacial score (nSPS) is 24.7. The minimum atomic E-state index is -4.48. The van der Waals surface area contributed by atoms with Gasteiger partial charge in [-0.05, 0) is 45.7 Å².